The van der Waals surface area contributed by atoms with Gasteiger partial charge in [-0.1, -0.05) is 18.2 Å². The number of hydrogen-bond acceptors (Lipinski definition) is 5. The van der Waals surface area contributed by atoms with Crippen molar-refractivity contribution in [3.8, 4) is 0 Å². The minimum absolute atomic E-state index is 0.0190. The van der Waals surface area contributed by atoms with Gasteiger partial charge in [0.1, 0.15) is 12.1 Å². The van der Waals surface area contributed by atoms with Crippen LogP contribution in [0.4, 0.5) is 10.5 Å². The molecule has 182 valence electrons. The van der Waals surface area contributed by atoms with Gasteiger partial charge >= 0.3 is 6.03 Å². The normalized spacial score (nSPS) is 18.1. The third-order valence-corrected chi connectivity index (χ3v) is 6.12. The molecule has 2 saturated heterocycles. The Morgan fingerprint density at radius 2 is 1.79 bits per heavy atom. The standard InChI is InChI=1S/C24H37N5O4/c1-23(2,3)26-22(32)27-14-11-24(12-15-27)21(31)28(17-20(30)25-13-8-16-33-4)18-29(24)19-9-6-5-7-10-19/h5-7,9-10H,8,11-18H2,1-4H3,(H,25,30)(H,26,32). The SMILES string of the molecule is COCCCNC(=O)CN1CN(c2ccccc2)C2(CCN(C(=O)NC(C)(C)C)CC2)C1=O. The van der Waals surface area contributed by atoms with Crippen molar-refractivity contribution in [2.45, 2.75) is 51.1 Å². The van der Waals surface area contributed by atoms with Crippen molar-refractivity contribution in [2.24, 2.45) is 0 Å². The average molecular weight is 460 g/mol. The van der Waals surface area contributed by atoms with E-state index in [0.29, 0.717) is 45.8 Å². The second kappa shape index (κ2) is 10.4. The van der Waals surface area contributed by atoms with Crippen LogP contribution in [-0.2, 0) is 14.3 Å². The van der Waals surface area contributed by atoms with E-state index >= 15 is 0 Å². The highest BCUT2D eigenvalue weighted by Gasteiger charge is 2.54. The fourth-order valence-electron chi connectivity index (χ4n) is 4.48. The van der Waals surface area contributed by atoms with Gasteiger partial charge < -0.3 is 30.1 Å². The maximum atomic E-state index is 13.6. The zero-order valence-corrected chi connectivity index (χ0v) is 20.2. The summed E-state index contributed by atoms with van der Waals surface area (Å²) in [5, 5.41) is 5.86. The number of benzene rings is 1. The summed E-state index contributed by atoms with van der Waals surface area (Å²) in [5.74, 6) is -0.222. The van der Waals surface area contributed by atoms with Gasteiger partial charge in [-0.2, -0.15) is 0 Å². The summed E-state index contributed by atoms with van der Waals surface area (Å²) in [6.45, 7) is 8.27. The maximum Gasteiger partial charge on any atom is 0.317 e. The number of hydrogen-bond donors (Lipinski definition) is 2. The number of carbonyl (C=O) groups excluding carboxylic acids is 3. The van der Waals surface area contributed by atoms with Crippen molar-refractivity contribution in [3.63, 3.8) is 0 Å². The summed E-state index contributed by atoms with van der Waals surface area (Å²) in [5.41, 5.74) is -0.129. The average Bonchev–Trinajstić information content (AvgIpc) is 3.03. The lowest BCUT2D eigenvalue weighted by Gasteiger charge is -2.43. The summed E-state index contributed by atoms with van der Waals surface area (Å²) in [6, 6.07) is 9.71. The summed E-state index contributed by atoms with van der Waals surface area (Å²) in [6.07, 6.45) is 1.76. The molecule has 0 aromatic heterocycles. The van der Waals surface area contributed by atoms with E-state index in [1.165, 1.54) is 0 Å². The topological polar surface area (TPSA) is 94.2 Å². The third kappa shape index (κ3) is 5.96. The number of nitrogens with one attached hydrogen (secondary N) is 2. The Kier molecular flexibility index (Phi) is 7.84. The van der Waals surface area contributed by atoms with E-state index in [1.807, 2.05) is 51.1 Å². The first-order valence-electron chi connectivity index (χ1n) is 11.6. The van der Waals surface area contributed by atoms with Crippen LogP contribution in [-0.4, -0.2) is 85.3 Å². The van der Waals surface area contributed by atoms with Crippen molar-refractivity contribution in [3.05, 3.63) is 30.3 Å². The van der Waals surface area contributed by atoms with Crippen LogP contribution in [0.2, 0.25) is 0 Å². The Balaban J connectivity index is 1.72. The van der Waals surface area contributed by atoms with E-state index in [-0.39, 0.29) is 29.9 Å². The molecule has 2 aliphatic rings. The first-order chi connectivity index (χ1) is 15.7. The quantitative estimate of drug-likeness (QED) is 0.607. The Labute approximate surface area is 196 Å². The van der Waals surface area contributed by atoms with E-state index in [0.717, 1.165) is 12.1 Å². The van der Waals surface area contributed by atoms with Crippen LogP contribution in [0.3, 0.4) is 0 Å². The smallest absolute Gasteiger partial charge is 0.317 e. The molecule has 2 fully saturated rings. The van der Waals surface area contributed by atoms with Gasteiger partial charge in [-0.05, 0) is 52.2 Å². The fourth-order valence-corrected chi connectivity index (χ4v) is 4.48. The van der Waals surface area contributed by atoms with Gasteiger partial charge in [0.15, 0.2) is 0 Å². The predicted molar refractivity (Wildman–Crippen MR) is 127 cm³/mol. The predicted octanol–water partition coefficient (Wildman–Crippen LogP) is 1.79. The monoisotopic (exact) mass is 459 g/mol. The van der Waals surface area contributed by atoms with Gasteiger partial charge in [-0.15, -0.1) is 0 Å². The third-order valence-electron chi connectivity index (χ3n) is 6.12. The highest BCUT2D eigenvalue weighted by Crippen LogP contribution is 2.39. The second-order valence-electron chi connectivity index (χ2n) is 9.80. The van der Waals surface area contributed by atoms with Crippen molar-refractivity contribution in [1.29, 1.82) is 0 Å². The van der Waals surface area contributed by atoms with Crippen LogP contribution in [0.25, 0.3) is 0 Å². The van der Waals surface area contributed by atoms with Crippen LogP contribution in [0.15, 0.2) is 30.3 Å². The maximum absolute atomic E-state index is 13.6. The number of methoxy groups -OCH3 is 1. The van der Waals surface area contributed by atoms with Gasteiger partial charge in [-0.25, -0.2) is 4.79 Å². The van der Waals surface area contributed by atoms with Crippen LogP contribution >= 0.6 is 0 Å². The molecule has 9 heteroatoms. The molecule has 9 nitrogen and oxygen atoms in total. The highest BCUT2D eigenvalue weighted by atomic mass is 16.5. The number of likely N-dealkylation sites (tertiary alicyclic amines) is 1. The van der Waals surface area contributed by atoms with Gasteiger partial charge in [0.25, 0.3) is 5.91 Å². The molecule has 1 aromatic carbocycles. The number of carbonyl (C=O) groups is 3. The molecule has 2 heterocycles. The minimum atomic E-state index is -0.754. The molecule has 2 aliphatic heterocycles. The zero-order chi connectivity index (χ0) is 24.1. The Morgan fingerprint density at radius 1 is 1.12 bits per heavy atom. The molecule has 0 aliphatic carbocycles. The minimum Gasteiger partial charge on any atom is -0.385 e. The lowest BCUT2D eigenvalue weighted by molar-refractivity contribution is -0.137. The molecule has 1 aromatic rings. The first kappa shape index (κ1) is 24.8. The molecule has 4 amide bonds. The van der Waals surface area contributed by atoms with Crippen molar-refractivity contribution >= 4 is 23.5 Å². The second-order valence-corrected chi connectivity index (χ2v) is 9.80. The molecular weight excluding hydrogens is 422 g/mol. The number of rotatable bonds is 7. The van der Waals surface area contributed by atoms with Crippen LogP contribution in [0.5, 0.6) is 0 Å². The number of para-hydroxylation sites is 1. The van der Waals surface area contributed by atoms with Crippen LogP contribution in [0, 0.1) is 0 Å². The summed E-state index contributed by atoms with van der Waals surface area (Å²) >= 11 is 0. The van der Waals surface area contributed by atoms with Crippen LogP contribution < -0.4 is 15.5 Å². The molecule has 1 spiro atoms. The Bertz CT molecular complexity index is 831. The Morgan fingerprint density at radius 3 is 2.39 bits per heavy atom. The number of anilines is 1. The zero-order valence-electron chi connectivity index (χ0n) is 20.2. The largest absolute Gasteiger partial charge is 0.385 e. The lowest BCUT2D eigenvalue weighted by Crippen LogP contribution is -2.59. The van der Waals surface area contributed by atoms with Crippen molar-refractivity contribution in [1.82, 2.24) is 20.4 Å². The van der Waals surface area contributed by atoms with Gasteiger partial charge in [0, 0.05) is 44.6 Å². The molecular formula is C24H37N5O4. The van der Waals surface area contributed by atoms with Gasteiger partial charge in [0.2, 0.25) is 5.91 Å². The molecule has 0 saturated carbocycles. The van der Waals surface area contributed by atoms with E-state index in [2.05, 4.69) is 15.5 Å². The van der Waals surface area contributed by atoms with E-state index in [9.17, 15) is 14.4 Å². The number of urea groups is 1. The molecule has 33 heavy (non-hydrogen) atoms. The molecule has 2 N–H and O–H groups in total. The number of nitrogens with zero attached hydrogens (tertiary/aromatic N) is 3. The van der Waals surface area contributed by atoms with Crippen LogP contribution in [0.1, 0.15) is 40.0 Å². The summed E-state index contributed by atoms with van der Waals surface area (Å²) < 4.78 is 5.01. The van der Waals surface area contributed by atoms with Crippen molar-refractivity contribution in [2.75, 3.05) is 51.5 Å². The van der Waals surface area contributed by atoms with Gasteiger partial charge in [0.05, 0.1) is 6.67 Å². The molecule has 0 unspecified atom stereocenters. The van der Waals surface area contributed by atoms with E-state index in [4.69, 9.17) is 4.74 Å². The molecule has 3 rings (SSSR count). The van der Waals surface area contributed by atoms with Crippen molar-refractivity contribution < 1.29 is 19.1 Å². The summed E-state index contributed by atoms with van der Waals surface area (Å²) in [7, 11) is 1.63. The number of amides is 4. The molecule has 0 atom stereocenters. The van der Waals surface area contributed by atoms with E-state index < -0.39 is 5.54 Å². The number of ether oxygens (including phenoxy) is 1. The highest BCUT2D eigenvalue weighted by molar-refractivity contribution is 5.96. The summed E-state index contributed by atoms with van der Waals surface area (Å²) in [4.78, 5) is 44.3. The number of piperidine rings is 1. The van der Waals surface area contributed by atoms with E-state index in [1.54, 1.807) is 16.9 Å². The first-order valence-corrected chi connectivity index (χ1v) is 11.6. The lowest BCUT2D eigenvalue weighted by atomic mass is 9.85. The van der Waals surface area contributed by atoms with Gasteiger partial charge in [-0.3, -0.25) is 9.59 Å². The molecule has 0 bridgehead atoms. The molecule has 0 radical (unpaired) electrons. The Hall–Kier alpha value is -2.81. The fraction of sp³-hybridized carbons (Fsp3) is 0.625.